The number of anilines is 1. The van der Waals surface area contributed by atoms with Gasteiger partial charge in [-0.25, -0.2) is 0 Å². The number of hydrogen-bond donors (Lipinski definition) is 1. The van der Waals surface area contributed by atoms with E-state index in [0.717, 1.165) is 16.0 Å². The Kier molecular flexibility index (Phi) is 3.36. The Bertz CT molecular complexity index is 499. The second-order valence-electron chi connectivity index (χ2n) is 3.24. The molecule has 4 heteroatoms. The van der Waals surface area contributed by atoms with Gasteiger partial charge in [-0.15, -0.1) is 0 Å². The predicted octanol–water partition coefficient (Wildman–Crippen LogP) is 4.48. The van der Waals surface area contributed by atoms with E-state index in [-0.39, 0.29) is 0 Å². The molecule has 0 bridgehead atoms. The van der Waals surface area contributed by atoms with E-state index in [2.05, 4.69) is 15.9 Å². The Morgan fingerprint density at radius 3 is 2.25 bits per heavy atom. The first-order chi connectivity index (χ1) is 7.65. The molecule has 2 N–H and O–H groups in total. The zero-order chi connectivity index (χ0) is 11.5. The summed E-state index contributed by atoms with van der Waals surface area (Å²) < 4.78 is 6.44. The monoisotopic (exact) mass is 297 g/mol. The van der Waals surface area contributed by atoms with Gasteiger partial charge in [-0.1, -0.05) is 11.6 Å². The van der Waals surface area contributed by atoms with Crippen molar-refractivity contribution in [2.45, 2.75) is 0 Å². The molecule has 2 nitrogen and oxygen atoms in total. The average Bonchev–Trinajstić information content (AvgIpc) is 2.27. The lowest BCUT2D eigenvalue weighted by molar-refractivity contribution is 0.482. The van der Waals surface area contributed by atoms with Crippen molar-refractivity contribution in [1.29, 1.82) is 0 Å². The highest BCUT2D eigenvalue weighted by atomic mass is 79.9. The van der Waals surface area contributed by atoms with Crippen molar-refractivity contribution in [1.82, 2.24) is 0 Å². The maximum atomic E-state index is 5.78. The normalized spacial score (nSPS) is 10.1. The summed E-state index contributed by atoms with van der Waals surface area (Å²) in [4.78, 5) is 0. The molecule has 0 saturated carbocycles. The molecule has 2 rings (SSSR count). The smallest absolute Gasteiger partial charge is 0.128 e. The zero-order valence-electron chi connectivity index (χ0n) is 8.28. The second-order valence-corrected chi connectivity index (χ2v) is 4.53. The summed E-state index contributed by atoms with van der Waals surface area (Å²) in [6, 6.07) is 12.6. The van der Waals surface area contributed by atoms with E-state index in [1.165, 1.54) is 0 Å². The number of nitrogens with two attached hydrogens (primary N) is 1. The second kappa shape index (κ2) is 4.76. The van der Waals surface area contributed by atoms with Crippen LogP contribution in [0.4, 0.5) is 5.69 Å². The van der Waals surface area contributed by atoms with E-state index in [4.69, 9.17) is 22.1 Å². The zero-order valence-corrected chi connectivity index (χ0v) is 10.6. The number of ether oxygens (including phenoxy) is 1. The van der Waals surface area contributed by atoms with Crippen molar-refractivity contribution in [3.8, 4) is 11.5 Å². The summed E-state index contributed by atoms with van der Waals surface area (Å²) in [7, 11) is 0. The molecular weight excluding hydrogens is 289 g/mol. The Morgan fingerprint density at radius 2 is 1.62 bits per heavy atom. The Hall–Kier alpha value is -1.19. The topological polar surface area (TPSA) is 35.2 Å². The molecule has 0 atom stereocenters. The van der Waals surface area contributed by atoms with Gasteiger partial charge in [0.1, 0.15) is 11.5 Å². The van der Waals surface area contributed by atoms with Gasteiger partial charge in [-0.05, 0) is 58.4 Å². The number of rotatable bonds is 2. The van der Waals surface area contributed by atoms with Crippen molar-refractivity contribution >= 4 is 33.2 Å². The Balaban J connectivity index is 2.20. The van der Waals surface area contributed by atoms with Crippen LogP contribution in [0.25, 0.3) is 0 Å². The molecule has 0 fully saturated rings. The molecule has 0 aliphatic carbocycles. The van der Waals surface area contributed by atoms with E-state index in [1.54, 1.807) is 18.2 Å². The molecule has 16 heavy (non-hydrogen) atoms. The molecule has 2 aromatic carbocycles. The minimum absolute atomic E-state index is 0.684. The Labute approximate surface area is 107 Å². The highest BCUT2D eigenvalue weighted by Gasteiger charge is 2.00. The highest BCUT2D eigenvalue weighted by molar-refractivity contribution is 9.10. The van der Waals surface area contributed by atoms with E-state index >= 15 is 0 Å². The maximum Gasteiger partial charge on any atom is 0.128 e. The molecule has 0 aliphatic heterocycles. The lowest BCUT2D eigenvalue weighted by Crippen LogP contribution is -1.88. The van der Waals surface area contributed by atoms with Crippen LogP contribution in [0.1, 0.15) is 0 Å². The molecule has 0 heterocycles. The van der Waals surface area contributed by atoms with Crippen LogP contribution in [0.5, 0.6) is 11.5 Å². The molecule has 82 valence electrons. The first-order valence-corrected chi connectivity index (χ1v) is 5.81. The van der Waals surface area contributed by atoms with Crippen molar-refractivity contribution in [3.63, 3.8) is 0 Å². The van der Waals surface area contributed by atoms with Gasteiger partial charge in [0.05, 0.1) is 0 Å². The number of hydrogen-bond acceptors (Lipinski definition) is 2. The van der Waals surface area contributed by atoms with E-state index in [9.17, 15) is 0 Å². The third-order valence-electron chi connectivity index (χ3n) is 2.02. The molecule has 0 aliphatic rings. The molecule has 0 aromatic heterocycles. The predicted molar refractivity (Wildman–Crippen MR) is 70.1 cm³/mol. The third-order valence-corrected chi connectivity index (χ3v) is 2.96. The summed E-state index contributed by atoms with van der Waals surface area (Å²) in [5.41, 5.74) is 6.37. The van der Waals surface area contributed by atoms with Crippen molar-refractivity contribution in [2.75, 3.05) is 5.73 Å². The Morgan fingerprint density at radius 1 is 1.00 bits per heavy atom. The van der Waals surface area contributed by atoms with Crippen LogP contribution in [0.2, 0.25) is 5.02 Å². The summed E-state index contributed by atoms with van der Waals surface area (Å²) in [5, 5.41) is 0.686. The van der Waals surface area contributed by atoms with E-state index in [0.29, 0.717) is 10.7 Å². The quantitative estimate of drug-likeness (QED) is 0.830. The van der Waals surface area contributed by atoms with Crippen LogP contribution >= 0.6 is 27.5 Å². The van der Waals surface area contributed by atoms with Crippen molar-refractivity contribution < 1.29 is 4.74 Å². The molecule has 0 spiro atoms. The van der Waals surface area contributed by atoms with E-state index < -0.39 is 0 Å². The molecule has 0 amide bonds. The molecular formula is C12H9BrClNO. The van der Waals surface area contributed by atoms with Gasteiger partial charge in [0, 0.05) is 15.2 Å². The third kappa shape index (κ3) is 2.68. The van der Waals surface area contributed by atoms with Crippen molar-refractivity contribution in [3.05, 3.63) is 52.0 Å². The number of benzene rings is 2. The standard InChI is InChI=1S/C12H9BrClNO/c13-11-7-10(5-6-12(11)15)16-9-3-1-8(14)2-4-9/h1-7H,15H2. The van der Waals surface area contributed by atoms with Crippen molar-refractivity contribution in [2.24, 2.45) is 0 Å². The fraction of sp³-hybridized carbons (Fsp3) is 0. The van der Waals surface area contributed by atoms with Crippen LogP contribution in [0.3, 0.4) is 0 Å². The van der Waals surface area contributed by atoms with Crippen LogP contribution in [-0.4, -0.2) is 0 Å². The van der Waals surface area contributed by atoms with Gasteiger partial charge in [-0.2, -0.15) is 0 Å². The van der Waals surface area contributed by atoms with Gasteiger partial charge in [0.15, 0.2) is 0 Å². The summed E-state index contributed by atoms with van der Waals surface area (Å²) in [5.74, 6) is 1.46. The molecule has 0 unspecified atom stereocenters. The minimum atomic E-state index is 0.684. The molecule has 0 radical (unpaired) electrons. The fourth-order valence-corrected chi connectivity index (χ4v) is 1.69. The highest BCUT2D eigenvalue weighted by Crippen LogP contribution is 2.28. The van der Waals surface area contributed by atoms with Gasteiger partial charge in [-0.3, -0.25) is 0 Å². The van der Waals surface area contributed by atoms with Crippen LogP contribution in [0, 0.1) is 0 Å². The number of halogens is 2. The lowest BCUT2D eigenvalue weighted by Gasteiger charge is -2.07. The van der Waals surface area contributed by atoms with Gasteiger partial charge in [0.2, 0.25) is 0 Å². The largest absolute Gasteiger partial charge is 0.457 e. The SMILES string of the molecule is Nc1ccc(Oc2ccc(Cl)cc2)cc1Br. The van der Waals surface area contributed by atoms with Crippen LogP contribution < -0.4 is 10.5 Å². The van der Waals surface area contributed by atoms with Gasteiger partial charge >= 0.3 is 0 Å². The van der Waals surface area contributed by atoms with E-state index in [1.807, 2.05) is 24.3 Å². The summed E-state index contributed by atoms with van der Waals surface area (Å²) >= 11 is 9.13. The first kappa shape index (κ1) is 11.3. The molecule has 0 saturated heterocycles. The van der Waals surface area contributed by atoms with Crippen LogP contribution in [-0.2, 0) is 0 Å². The fourth-order valence-electron chi connectivity index (χ4n) is 1.21. The minimum Gasteiger partial charge on any atom is -0.457 e. The summed E-state index contributed by atoms with van der Waals surface area (Å²) in [6.07, 6.45) is 0. The van der Waals surface area contributed by atoms with Gasteiger partial charge in [0.25, 0.3) is 0 Å². The van der Waals surface area contributed by atoms with Crippen LogP contribution in [0.15, 0.2) is 46.9 Å². The first-order valence-electron chi connectivity index (χ1n) is 4.63. The summed E-state index contributed by atoms with van der Waals surface area (Å²) in [6.45, 7) is 0. The number of nitrogen functional groups attached to an aromatic ring is 1. The molecule has 2 aromatic rings. The van der Waals surface area contributed by atoms with Gasteiger partial charge < -0.3 is 10.5 Å². The maximum absolute atomic E-state index is 5.78. The average molecular weight is 299 g/mol. The lowest BCUT2D eigenvalue weighted by atomic mass is 10.3.